The van der Waals surface area contributed by atoms with Gasteiger partial charge < -0.3 is 14.6 Å². The molecule has 2 heterocycles. The molecule has 1 N–H and O–H groups in total. The first-order valence-electron chi connectivity index (χ1n) is 8.56. The largest absolute Gasteiger partial charge is 0.444 e. The van der Waals surface area contributed by atoms with Gasteiger partial charge in [-0.2, -0.15) is 0 Å². The van der Waals surface area contributed by atoms with E-state index in [4.69, 9.17) is 4.42 Å². The van der Waals surface area contributed by atoms with E-state index in [1.165, 1.54) is 6.42 Å². The van der Waals surface area contributed by atoms with Crippen LogP contribution in [0.25, 0.3) is 0 Å². The molecule has 1 aromatic carbocycles. The molecular weight excluding hydrogens is 384 g/mol. The van der Waals surface area contributed by atoms with Gasteiger partial charge in [0.25, 0.3) is 11.8 Å². The summed E-state index contributed by atoms with van der Waals surface area (Å²) in [6.45, 7) is 2.92. The highest BCUT2D eigenvalue weighted by Gasteiger charge is 2.26. The highest BCUT2D eigenvalue weighted by molar-refractivity contribution is 9.10. The quantitative estimate of drug-likeness (QED) is 0.802. The normalized spacial score (nSPS) is 17.4. The Morgan fingerprint density at radius 1 is 1.28 bits per heavy atom. The molecule has 2 aromatic rings. The monoisotopic (exact) mass is 404 g/mol. The number of benzene rings is 1. The third-order valence-electron chi connectivity index (χ3n) is 4.52. The molecule has 1 atom stereocenters. The number of nitrogens with zero attached hydrogens (tertiary/aromatic N) is 1. The Hall–Kier alpha value is -2.08. The molecule has 1 aromatic heterocycles. The van der Waals surface area contributed by atoms with Gasteiger partial charge in [0.15, 0.2) is 10.4 Å². The van der Waals surface area contributed by atoms with E-state index in [9.17, 15) is 9.59 Å². The van der Waals surface area contributed by atoms with Crippen LogP contribution >= 0.6 is 15.9 Å². The summed E-state index contributed by atoms with van der Waals surface area (Å²) in [6, 6.07) is 10.6. The average molecular weight is 405 g/mol. The zero-order chi connectivity index (χ0) is 17.8. The molecule has 132 valence electrons. The molecule has 0 saturated carbocycles. The minimum absolute atomic E-state index is 0.0309. The Labute approximate surface area is 155 Å². The van der Waals surface area contributed by atoms with Gasteiger partial charge in [0.1, 0.15) is 0 Å². The predicted molar refractivity (Wildman–Crippen MR) is 99.8 cm³/mol. The van der Waals surface area contributed by atoms with E-state index in [0.717, 1.165) is 25.8 Å². The number of piperidine rings is 1. The maximum atomic E-state index is 12.9. The van der Waals surface area contributed by atoms with E-state index in [1.54, 1.807) is 36.4 Å². The smallest absolute Gasteiger partial charge is 0.291 e. The van der Waals surface area contributed by atoms with Crippen molar-refractivity contribution >= 4 is 33.4 Å². The van der Waals surface area contributed by atoms with Gasteiger partial charge in [0.05, 0.1) is 0 Å². The summed E-state index contributed by atoms with van der Waals surface area (Å²) in [6.07, 6.45) is 4.25. The first kappa shape index (κ1) is 17.7. The summed E-state index contributed by atoms with van der Waals surface area (Å²) in [5.74, 6) is -0.103. The molecule has 5 nitrogen and oxygen atoms in total. The number of carbonyl (C=O) groups excluding carboxylic acids is 2. The van der Waals surface area contributed by atoms with Gasteiger partial charge in [-0.1, -0.05) is 13.0 Å². The molecule has 2 amide bonds. The SMILES string of the molecule is CCC1CCCCN1C(=O)c1cccc(NC(=O)c2ccc(Br)o2)c1. The Bertz CT molecular complexity index is 772. The second-order valence-corrected chi connectivity index (χ2v) is 6.98. The van der Waals surface area contributed by atoms with Crippen LogP contribution in [0.5, 0.6) is 0 Å². The predicted octanol–water partition coefficient (Wildman–Crippen LogP) is 4.70. The van der Waals surface area contributed by atoms with Crippen LogP contribution in [-0.4, -0.2) is 29.3 Å². The Kier molecular flexibility index (Phi) is 5.58. The van der Waals surface area contributed by atoms with Crippen LogP contribution in [0.3, 0.4) is 0 Å². The summed E-state index contributed by atoms with van der Waals surface area (Å²) in [7, 11) is 0. The zero-order valence-corrected chi connectivity index (χ0v) is 15.7. The third kappa shape index (κ3) is 4.12. The first-order valence-corrected chi connectivity index (χ1v) is 9.35. The number of hydrogen-bond acceptors (Lipinski definition) is 3. The molecule has 0 radical (unpaired) electrons. The summed E-state index contributed by atoms with van der Waals surface area (Å²) < 4.78 is 5.75. The van der Waals surface area contributed by atoms with Gasteiger partial charge >= 0.3 is 0 Å². The Balaban J connectivity index is 1.74. The van der Waals surface area contributed by atoms with Crippen LogP contribution in [0.15, 0.2) is 45.5 Å². The van der Waals surface area contributed by atoms with Crippen LogP contribution in [0.2, 0.25) is 0 Å². The highest BCUT2D eigenvalue weighted by atomic mass is 79.9. The molecule has 0 spiro atoms. The maximum absolute atomic E-state index is 12.9. The number of nitrogens with one attached hydrogen (secondary N) is 1. The number of rotatable bonds is 4. The molecule has 3 rings (SSSR count). The maximum Gasteiger partial charge on any atom is 0.291 e. The van der Waals surface area contributed by atoms with Gasteiger partial charge in [-0.3, -0.25) is 9.59 Å². The fraction of sp³-hybridized carbons (Fsp3) is 0.368. The number of anilines is 1. The van der Waals surface area contributed by atoms with Gasteiger partial charge in [0, 0.05) is 23.8 Å². The molecule has 0 aliphatic carbocycles. The number of furan rings is 1. The van der Waals surface area contributed by atoms with Crippen LogP contribution in [-0.2, 0) is 0 Å². The van der Waals surface area contributed by atoms with Crippen molar-refractivity contribution in [2.75, 3.05) is 11.9 Å². The molecular formula is C19H21BrN2O3. The highest BCUT2D eigenvalue weighted by Crippen LogP contribution is 2.23. The van der Waals surface area contributed by atoms with E-state index in [-0.39, 0.29) is 17.6 Å². The lowest BCUT2D eigenvalue weighted by atomic mass is 9.99. The molecule has 1 aliphatic heterocycles. The van der Waals surface area contributed by atoms with Crippen LogP contribution in [0.1, 0.15) is 53.5 Å². The average Bonchev–Trinajstić information content (AvgIpc) is 3.08. The number of likely N-dealkylation sites (tertiary alicyclic amines) is 1. The van der Waals surface area contributed by atoms with Crippen LogP contribution in [0.4, 0.5) is 5.69 Å². The second-order valence-electron chi connectivity index (χ2n) is 6.20. The van der Waals surface area contributed by atoms with E-state index in [0.29, 0.717) is 22.0 Å². The van der Waals surface area contributed by atoms with Crippen molar-refractivity contribution < 1.29 is 14.0 Å². The van der Waals surface area contributed by atoms with Crippen molar-refractivity contribution in [3.8, 4) is 0 Å². The molecule has 1 aliphatic rings. The molecule has 6 heteroatoms. The number of hydrogen-bond donors (Lipinski definition) is 1. The fourth-order valence-electron chi connectivity index (χ4n) is 3.22. The van der Waals surface area contributed by atoms with E-state index < -0.39 is 0 Å². The topological polar surface area (TPSA) is 62.6 Å². The van der Waals surface area contributed by atoms with Crippen molar-refractivity contribution in [2.45, 2.75) is 38.6 Å². The third-order valence-corrected chi connectivity index (χ3v) is 4.95. The minimum Gasteiger partial charge on any atom is -0.444 e. The lowest BCUT2D eigenvalue weighted by Crippen LogP contribution is -2.43. The molecule has 1 unspecified atom stereocenters. The van der Waals surface area contributed by atoms with Gasteiger partial charge in [0.2, 0.25) is 0 Å². The summed E-state index contributed by atoms with van der Waals surface area (Å²) >= 11 is 3.18. The van der Waals surface area contributed by atoms with Crippen molar-refractivity contribution in [3.63, 3.8) is 0 Å². The van der Waals surface area contributed by atoms with E-state index in [2.05, 4.69) is 28.2 Å². The fourth-order valence-corrected chi connectivity index (χ4v) is 3.52. The van der Waals surface area contributed by atoms with Gasteiger partial charge in [-0.25, -0.2) is 0 Å². The first-order chi connectivity index (χ1) is 12.1. The van der Waals surface area contributed by atoms with Crippen LogP contribution in [0, 0.1) is 0 Å². The standard InChI is InChI=1S/C19H21BrN2O3/c1-2-15-8-3-4-11-22(15)19(24)13-6-5-7-14(12-13)21-18(23)16-9-10-17(20)25-16/h5-7,9-10,12,15H,2-4,8,11H2,1H3,(H,21,23). The van der Waals surface area contributed by atoms with Crippen LogP contribution < -0.4 is 5.32 Å². The number of amides is 2. The summed E-state index contributed by atoms with van der Waals surface area (Å²) in [5, 5.41) is 2.77. The number of carbonyl (C=O) groups is 2. The molecule has 1 fully saturated rings. The van der Waals surface area contributed by atoms with Gasteiger partial charge in [-0.05, 0) is 71.9 Å². The molecule has 1 saturated heterocycles. The number of halogens is 1. The Morgan fingerprint density at radius 2 is 2.12 bits per heavy atom. The molecule has 25 heavy (non-hydrogen) atoms. The lowest BCUT2D eigenvalue weighted by Gasteiger charge is -2.35. The summed E-state index contributed by atoms with van der Waals surface area (Å²) in [4.78, 5) is 27.0. The minimum atomic E-state index is -0.347. The lowest BCUT2D eigenvalue weighted by molar-refractivity contribution is 0.0608. The van der Waals surface area contributed by atoms with E-state index >= 15 is 0 Å². The Morgan fingerprint density at radius 3 is 2.84 bits per heavy atom. The zero-order valence-electron chi connectivity index (χ0n) is 14.1. The van der Waals surface area contributed by atoms with Gasteiger partial charge in [-0.15, -0.1) is 0 Å². The second kappa shape index (κ2) is 7.87. The van der Waals surface area contributed by atoms with Crippen molar-refractivity contribution in [1.29, 1.82) is 0 Å². The van der Waals surface area contributed by atoms with Crippen molar-refractivity contribution in [2.24, 2.45) is 0 Å². The molecule has 0 bridgehead atoms. The van der Waals surface area contributed by atoms with Crippen molar-refractivity contribution in [3.05, 3.63) is 52.4 Å². The van der Waals surface area contributed by atoms with Crippen molar-refractivity contribution in [1.82, 2.24) is 4.90 Å². The van der Waals surface area contributed by atoms with E-state index in [1.807, 2.05) is 4.90 Å². The summed E-state index contributed by atoms with van der Waals surface area (Å²) in [5.41, 5.74) is 1.17.